The molecule has 0 spiro atoms. The Hall–Kier alpha value is -2.64. The SMILES string of the molecule is O=C(NCCCNc1cccnc1)C1CC(c2ccc(O)cc2)NN1. The molecule has 7 heteroatoms. The maximum Gasteiger partial charge on any atom is 0.238 e. The first-order valence-corrected chi connectivity index (χ1v) is 8.44. The van der Waals surface area contributed by atoms with Gasteiger partial charge in [0.05, 0.1) is 5.69 Å². The van der Waals surface area contributed by atoms with E-state index in [1.165, 1.54) is 0 Å². The molecule has 1 saturated heterocycles. The Morgan fingerprint density at radius 1 is 1.20 bits per heavy atom. The third-order valence-electron chi connectivity index (χ3n) is 4.16. The van der Waals surface area contributed by atoms with Crippen LogP contribution in [0, 0.1) is 0 Å². The van der Waals surface area contributed by atoms with Gasteiger partial charge in [0.25, 0.3) is 0 Å². The van der Waals surface area contributed by atoms with Gasteiger partial charge in [0.2, 0.25) is 5.91 Å². The van der Waals surface area contributed by atoms with E-state index in [4.69, 9.17) is 0 Å². The smallest absolute Gasteiger partial charge is 0.238 e. The van der Waals surface area contributed by atoms with Gasteiger partial charge in [-0.1, -0.05) is 12.1 Å². The molecule has 3 rings (SSSR count). The summed E-state index contributed by atoms with van der Waals surface area (Å²) in [5.74, 6) is 0.235. The average Bonchev–Trinajstić information content (AvgIpc) is 3.13. The molecule has 1 aromatic heterocycles. The molecule has 7 nitrogen and oxygen atoms in total. The summed E-state index contributed by atoms with van der Waals surface area (Å²) in [4.78, 5) is 16.3. The molecule has 0 bridgehead atoms. The van der Waals surface area contributed by atoms with E-state index in [9.17, 15) is 9.90 Å². The third-order valence-corrected chi connectivity index (χ3v) is 4.16. The summed E-state index contributed by atoms with van der Waals surface area (Å²) in [5.41, 5.74) is 8.19. The van der Waals surface area contributed by atoms with Gasteiger partial charge in [-0.2, -0.15) is 0 Å². The quantitative estimate of drug-likeness (QED) is 0.487. The number of carbonyl (C=O) groups is 1. The largest absolute Gasteiger partial charge is 0.508 e. The van der Waals surface area contributed by atoms with Crippen molar-refractivity contribution in [3.05, 3.63) is 54.4 Å². The van der Waals surface area contributed by atoms with E-state index in [0.717, 1.165) is 24.2 Å². The monoisotopic (exact) mass is 341 g/mol. The Morgan fingerprint density at radius 3 is 2.80 bits per heavy atom. The van der Waals surface area contributed by atoms with Crippen LogP contribution in [-0.4, -0.2) is 35.1 Å². The van der Waals surface area contributed by atoms with Gasteiger partial charge in [-0.05, 0) is 42.7 Å². The highest BCUT2D eigenvalue weighted by Crippen LogP contribution is 2.23. The number of anilines is 1. The second-order valence-electron chi connectivity index (χ2n) is 6.03. The number of phenols is 1. The summed E-state index contributed by atoms with van der Waals surface area (Å²) in [7, 11) is 0. The van der Waals surface area contributed by atoms with Crippen LogP contribution in [0.15, 0.2) is 48.8 Å². The molecule has 2 aromatic rings. The summed E-state index contributed by atoms with van der Waals surface area (Å²) in [5, 5.41) is 15.6. The minimum atomic E-state index is -0.259. The highest BCUT2D eigenvalue weighted by atomic mass is 16.3. The zero-order chi connectivity index (χ0) is 17.5. The van der Waals surface area contributed by atoms with E-state index in [0.29, 0.717) is 13.0 Å². The molecule has 2 unspecified atom stereocenters. The van der Waals surface area contributed by atoms with Crippen LogP contribution in [0.25, 0.3) is 0 Å². The van der Waals surface area contributed by atoms with Crippen molar-refractivity contribution >= 4 is 11.6 Å². The van der Waals surface area contributed by atoms with Crippen LogP contribution < -0.4 is 21.5 Å². The van der Waals surface area contributed by atoms with Crippen molar-refractivity contribution in [2.45, 2.75) is 24.9 Å². The first kappa shape index (κ1) is 17.2. The molecule has 1 aliphatic rings. The Bertz CT molecular complexity index is 678. The Balaban J connectivity index is 1.35. The normalized spacial score (nSPS) is 19.5. The molecule has 1 aromatic carbocycles. The topological polar surface area (TPSA) is 98.3 Å². The number of phenolic OH excluding ortho intramolecular Hbond substituents is 1. The second-order valence-corrected chi connectivity index (χ2v) is 6.03. The molecule has 25 heavy (non-hydrogen) atoms. The zero-order valence-corrected chi connectivity index (χ0v) is 13.9. The van der Waals surface area contributed by atoms with Crippen molar-refractivity contribution in [3.8, 4) is 5.75 Å². The van der Waals surface area contributed by atoms with Crippen molar-refractivity contribution in [1.29, 1.82) is 0 Å². The molecule has 2 atom stereocenters. The number of amides is 1. The Labute approximate surface area is 146 Å². The predicted octanol–water partition coefficient (Wildman–Crippen LogP) is 1.31. The summed E-state index contributed by atoms with van der Waals surface area (Å²) in [6.45, 7) is 1.40. The van der Waals surface area contributed by atoms with Gasteiger partial charge in [-0.25, -0.2) is 10.9 Å². The van der Waals surface area contributed by atoms with Crippen LogP contribution in [-0.2, 0) is 4.79 Å². The number of hydrazine groups is 1. The van der Waals surface area contributed by atoms with E-state index in [-0.39, 0.29) is 23.7 Å². The fourth-order valence-electron chi connectivity index (χ4n) is 2.78. The van der Waals surface area contributed by atoms with Crippen molar-refractivity contribution in [2.24, 2.45) is 0 Å². The third kappa shape index (κ3) is 4.91. The first-order valence-electron chi connectivity index (χ1n) is 8.44. The van der Waals surface area contributed by atoms with E-state index < -0.39 is 0 Å². The Kier molecular flexibility index (Phi) is 5.81. The first-order chi connectivity index (χ1) is 12.2. The maximum absolute atomic E-state index is 12.2. The van der Waals surface area contributed by atoms with Crippen LogP contribution in [0.4, 0.5) is 5.69 Å². The molecular weight excluding hydrogens is 318 g/mol. The molecule has 0 saturated carbocycles. The van der Waals surface area contributed by atoms with Gasteiger partial charge in [-0.15, -0.1) is 0 Å². The minimum absolute atomic E-state index is 0.00449. The highest BCUT2D eigenvalue weighted by molar-refractivity contribution is 5.82. The van der Waals surface area contributed by atoms with Crippen LogP contribution in [0.2, 0.25) is 0 Å². The molecule has 1 fully saturated rings. The van der Waals surface area contributed by atoms with Gasteiger partial charge in [-0.3, -0.25) is 9.78 Å². The van der Waals surface area contributed by atoms with Gasteiger partial charge in [0, 0.05) is 31.5 Å². The standard InChI is InChI=1S/C18H23N5O2/c24-15-6-4-13(5-7-15)16-11-17(23-22-16)18(25)21-10-2-9-20-14-3-1-8-19-12-14/h1,3-8,12,16-17,20,22-24H,2,9-11H2,(H,21,25). The van der Waals surface area contributed by atoms with Gasteiger partial charge in [0.15, 0.2) is 0 Å². The van der Waals surface area contributed by atoms with E-state index in [1.807, 2.05) is 24.3 Å². The molecule has 132 valence electrons. The van der Waals surface area contributed by atoms with E-state index >= 15 is 0 Å². The number of aromatic nitrogens is 1. The number of hydrogen-bond donors (Lipinski definition) is 5. The number of aromatic hydroxyl groups is 1. The highest BCUT2D eigenvalue weighted by Gasteiger charge is 2.29. The zero-order valence-electron chi connectivity index (χ0n) is 13.9. The fraction of sp³-hybridized carbons (Fsp3) is 0.333. The lowest BCUT2D eigenvalue weighted by Gasteiger charge is -2.11. The van der Waals surface area contributed by atoms with Crippen molar-refractivity contribution in [1.82, 2.24) is 21.2 Å². The van der Waals surface area contributed by atoms with Crippen LogP contribution in [0.3, 0.4) is 0 Å². The average molecular weight is 341 g/mol. The van der Waals surface area contributed by atoms with Crippen LogP contribution >= 0.6 is 0 Å². The number of rotatable bonds is 7. The number of hydrogen-bond acceptors (Lipinski definition) is 6. The molecule has 1 amide bonds. The summed E-state index contributed by atoms with van der Waals surface area (Å²) in [6.07, 6.45) is 5.02. The van der Waals surface area contributed by atoms with Gasteiger partial charge >= 0.3 is 0 Å². The molecule has 5 N–H and O–H groups in total. The number of nitrogens with one attached hydrogen (secondary N) is 4. The van der Waals surface area contributed by atoms with Crippen molar-refractivity contribution < 1.29 is 9.90 Å². The minimum Gasteiger partial charge on any atom is -0.508 e. The van der Waals surface area contributed by atoms with Gasteiger partial charge < -0.3 is 15.7 Å². The predicted molar refractivity (Wildman–Crippen MR) is 95.9 cm³/mol. The lowest BCUT2D eigenvalue weighted by atomic mass is 10.0. The van der Waals surface area contributed by atoms with Crippen molar-refractivity contribution in [3.63, 3.8) is 0 Å². The Morgan fingerprint density at radius 2 is 2.04 bits per heavy atom. The molecule has 1 aliphatic heterocycles. The summed E-state index contributed by atoms with van der Waals surface area (Å²) >= 11 is 0. The fourth-order valence-corrected chi connectivity index (χ4v) is 2.78. The van der Waals surface area contributed by atoms with Crippen LogP contribution in [0.5, 0.6) is 5.75 Å². The number of carbonyl (C=O) groups excluding carboxylic acids is 1. The second kappa shape index (κ2) is 8.46. The summed E-state index contributed by atoms with van der Waals surface area (Å²) < 4.78 is 0. The maximum atomic E-state index is 12.2. The molecular formula is C18H23N5O2. The number of benzene rings is 1. The van der Waals surface area contributed by atoms with Gasteiger partial charge in [0.1, 0.15) is 11.8 Å². The molecule has 2 heterocycles. The summed E-state index contributed by atoms with van der Waals surface area (Å²) in [6, 6.07) is 10.7. The van der Waals surface area contributed by atoms with E-state index in [1.54, 1.807) is 24.5 Å². The number of nitrogens with zero attached hydrogens (tertiary/aromatic N) is 1. The van der Waals surface area contributed by atoms with E-state index in [2.05, 4.69) is 26.5 Å². The van der Waals surface area contributed by atoms with Crippen LogP contribution in [0.1, 0.15) is 24.4 Å². The molecule has 0 aliphatic carbocycles. The lowest BCUT2D eigenvalue weighted by molar-refractivity contribution is -0.122. The van der Waals surface area contributed by atoms with Crippen molar-refractivity contribution in [2.75, 3.05) is 18.4 Å². The molecule has 0 radical (unpaired) electrons. The lowest BCUT2D eigenvalue weighted by Crippen LogP contribution is -2.43. The number of pyridine rings is 1.